The molecule has 0 saturated heterocycles. The van der Waals surface area contributed by atoms with E-state index in [1.165, 1.54) is 4.52 Å². The summed E-state index contributed by atoms with van der Waals surface area (Å²) in [6.45, 7) is 0. The lowest BCUT2D eigenvalue weighted by molar-refractivity contribution is 0.836. The van der Waals surface area contributed by atoms with Crippen molar-refractivity contribution in [2.75, 3.05) is 0 Å². The van der Waals surface area contributed by atoms with Crippen molar-refractivity contribution >= 4 is 17.9 Å². The fourth-order valence-electron chi connectivity index (χ4n) is 1.69. The zero-order chi connectivity index (χ0) is 11.8. The molecule has 0 aliphatic carbocycles. The van der Waals surface area contributed by atoms with E-state index in [4.69, 9.17) is 12.2 Å². The van der Waals surface area contributed by atoms with E-state index < -0.39 is 0 Å². The van der Waals surface area contributed by atoms with Gasteiger partial charge < -0.3 is 0 Å². The van der Waals surface area contributed by atoms with Gasteiger partial charge in [-0.1, -0.05) is 30.3 Å². The molecular weight excluding hydrogens is 236 g/mol. The highest BCUT2D eigenvalue weighted by atomic mass is 32.1. The fraction of sp³-hybridized carbons (Fsp3) is 0. The molecule has 2 N–H and O–H groups in total. The molecule has 0 unspecified atom stereocenters. The van der Waals surface area contributed by atoms with Gasteiger partial charge in [0, 0.05) is 6.07 Å². The molecule has 2 heterocycles. The van der Waals surface area contributed by atoms with Crippen LogP contribution in [0.15, 0.2) is 41.2 Å². The summed E-state index contributed by atoms with van der Waals surface area (Å²) >= 11 is 4.86. The van der Waals surface area contributed by atoms with Crippen LogP contribution in [0.25, 0.3) is 16.9 Å². The first kappa shape index (κ1) is 9.98. The predicted molar refractivity (Wildman–Crippen MR) is 66.4 cm³/mol. The van der Waals surface area contributed by atoms with Gasteiger partial charge in [-0.2, -0.15) is 4.52 Å². The second-order valence-corrected chi connectivity index (χ2v) is 3.96. The molecule has 3 aromatic rings. The molecule has 0 bridgehead atoms. The summed E-state index contributed by atoms with van der Waals surface area (Å²) in [5.41, 5.74) is 2.01. The van der Waals surface area contributed by atoms with Crippen LogP contribution in [0.1, 0.15) is 0 Å². The summed E-state index contributed by atoms with van der Waals surface area (Å²) in [6, 6.07) is 11.5. The molecule has 2 aromatic heterocycles. The average molecular weight is 244 g/mol. The molecule has 0 saturated carbocycles. The van der Waals surface area contributed by atoms with Crippen molar-refractivity contribution in [3.05, 3.63) is 51.7 Å². The Morgan fingerprint density at radius 2 is 2.00 bits per heavy atom. The zero-order valence-corrected chi connectivity index (χ0v) is 9.49. The van der Waals surface area contributed by atoms with E-state index in [1.807, 2.05) is 30.3 Å². The summed E-state index contributed by atoms with van der Waals surface area (Å²) < 4.78 is 1.52. The Kier molecular flexibility index (Phi) is 2.15. The monoisotopic (exact) mass is 244 g/mol. The number of hydrogen-bond acceptors (Lipinski definition) is 3. The van der Waals surface area contributed by atoms with Crippen LogP contribution in [0.2, 0.25) is 0 Å². The molecule has 0 fully saturated rings. The Morgan fingerprint density at radius 3 is 2.76 bits per heavy atom. The van der Waals surface area contributed by atoms with Crippen molar-refractivity contribution in [1.82, 2.24) is 19.6 Å². The van der Waals surface area contributed by atoms with Crippen LogP contribution in [0, 0.1) is 4.77 Å². The minimum Gasteiger partial charge on any atom is -0.288 e. The number of aromatic amines is 2. The van der Waals surface area contributed by atoms with Crippen molar-refractivity contribution in [2.45, 2.75) is 0 Å². The van der Waals surface area contributed by atoms with E-state index in [0.29, 0.717) is 5.65 Å². The first-order valence-corrected chi connectivity index (χ1v) is 5.42. The van der Waals surface area contributed by atoms with Gasteiger partial charge in [0.05, 0.1) is 5.69 Å². The SMILES string of the molecule is O=c1[nH]c(=S)nc2cc(-c3ccccc3)[nH]n12. The number of benzene rings is 1. The third-order valence-corrected chi connectivity index (χ3v) is 2.65. The van der Waals surface area contributed by atoms with E-state index in [9.17, 15) is 4.79 Å². The van der Waals surface area contributed by atoms with Crippen LogP contribution in [-0.2, 0) is 0 Å². The largest absolute Gasteiger partial charge is 0.348 e. The summed E-state index contributed by atoms with van der Waals surface area (Å²) in [4.78, 5) is 18.1. The molecule has 1 aromatic carbocycles. The predicted octanol–water partition coefficient (Wildman–Crippen LogP) is 1.75. The molecule has 0 aliphatic heterocycles. The lowest BCUT2D eigenvalue weighted by Crippen LogP contribution is -2.18. The Labute approximate surface area is 101 Å². The molecule has 0 amide bonds. The molecule has 6 heteroatoms. The molecule has 84 valence electrons. The van der Waals surface area contributed by atoms with Gasteiger partial charge in [-0.05, 0) is 17.8 Å². The van der Waals surface area contributed by atoms with Crippen LogP contribution in [0.5, 0.6) is 0 Å². The van der Waals surface area contributed by atoms with E-state index in [2.05, 4.69) is 15.1 Å². The van der Waals surface area contributed by atoms with Gasteiger partial charge in [0.1, 0.15) is 0 Å². The zero-order valence-electron chi connectivity index (χ0n) is 8.68. The number of aromatic nitrogens is 4. The van der Waals surface area contributed by atoms with Crippen molar-refractivity contribution in [3.63, 3.8) is 0 Å². The molecule has 5 nitrogen and oxygen atoms in total. The molecule has 0 aliphatic rings. The van der Waals surface area contributed by atoms with Gasteiger partial charge >= 0.3 is 5.69 Å². The van der Waals surface area contributed by atoms with Gasteiger partial charge in [0.15, 0.2) is 5.65 Å². The third kappa shape index (κ3) is 1.68. The molecule has 0 atom stereocenters. The fourth-order valence-corrected chi connectivity index (χ4v) is 1.87. The number of H-pyrrole nitrogens is 2. The third-order valence-electron chi connectivity index (χ3n) is 2.45. The first-order valence-electron chi connectivity index (χ1n) is 5.01. The van der Waals surface area contributed by atoms with Gasteiger partial charge in [-0.25, -0.2) is 9.78 Å². The van der Waals surface area contributed by atoms with Crippen molar-refractivity contribution in [1.29, 1.82) is 0 Å². The highest BCUT2D eigenvalue weighted by Crippen LogP contribution is 2.17. The van der Waals surface area contributed by atoms with Crippen molar-refractivity contribution in [2.24, 2.45) is 0 Å². The van der Waals surface area contributed by atoms with E-state index in [-0.39, 0.29) is 10.5 Å². The standard InChI is InChI=1S/C11H8N4OS/c16-11-13-10(17)12-9-6-8(14-15(9)11)7-4-2-1-3-5-7/h1-6,14H,(H,13,16,17). The van der Waals surface area contributed by atoms with Crippen LogP contribution < -0.4 is 5.69 Å². The number of nitrogens with zero attached hydrogens (tertiary/aromatic N) is 2. The first-order chi connectivity index (χ1) is 8.24. The van der Waals surface area contributed by atoms with Crippen LogP contribution in [0.3, 0.4) is 0 Å². The Morgan fingerprint density at radius 1 is 1.24 bits per heavy atom. The molecule has 0 spiro atoms. The van der Waals surface area contributed by atoms with E-state index in [1.54, 1.807) is 6.07 Å². The summed E-state index contributed by atoms with van der Waals surface area (Å²) in [7, 11) is 0. The average Bonchev–Trinajstić information content (AvgIpc) is 2.74. The topological polar surface area (TPSA) is 66.0 Å². The van der Waals surface area contributed by atoms with Gasteiger partial charge in [-0.15, -0.1) is 0 Å². The second kappa shape index (κ2) is 3.67. The summed E-state index contributed by atoms with van der Waals surface area (Å²) in [5, 5.41) is 2.97. The van der Waals surface area contributed by atoms with Crippen LogP contribution >= 0.6 is 12.2 Å². The normalized spacial score (nSPS) is 10.8. The molecule has 17 heavy (non-hydrogen) atoms. The van der Waals surface area contributed by atoms with Crippen LogP contribution in [0.4, 0.5) is 0 Å². The molecule has 0 radical (unpaired) electrons. The number of rotatable bonds is 1. The van der Waals surface area contributed by atoms with E-state index >= 15 is 0 Å². The Balaban J connectivity index is 2.31. The maximum absolute atomic E-state index is 11.6. The quantitative estimate of drug-likeness (QED) is 0.641. The second-order valence-electron chi connectivity index (χ2n) is 3.58. The molecule has 3 rings (SSSR count). The number of hydrogen-bond donors (Lipinski definition) is 2. The maximum Gasteiger partial charge on any atom is 0.348 e. The van der Waals surface area contributed by atoms with Crippen LogP contribution in [-0.4, -0.2) is 19.6 Å². The Hall–Kier alpha value is -2.21. The highest BCUT2D eigenvalue weighted by molar-refractivity contribution is 7.71. The summed E-state index contributed by atoms with van der Waals surface area (Å²) in [6.07, 6.45) is 0. The molecular formula is C11H8N4OS. The smallest absolute Gasteiger partial charge is 0.288 e. The minimum absolute atomic E-state index is 0.189. The van der Waals surface area contributed by atoms with Crippen molar-refractivity contribution in [3.8, 4) is 11.3 Å². The minimum atomic E-state index is -0.317. The van der Waals surface area contributed by atoms with Gasteiger partial charge in [-0.3, -0.25) is 10.1 Å². The lowest BCUT2D eigenvalue weighted by Gasteiger charge is -1.94. The van der Waals surface area contributed by atoms with E-state index in [0.717, 1.165) is 11.3 Å². The van der Waals surface area contributed by atoms with Crippen molar-refractivity contribution < 1.29 is 0 Å². The number of fused-ring (bicyclic) bond motifs is 1. The Bertz CT molecular complexity index is 784. The maximum atomic E-state index is 11.6. The highest BCUT2D eigenvalue weighted by Gasteiger charge is 2.05. The lowest BCUT2D eigenvalue weighted by atomic mass is 10.2. The number of nitrogens with one attached hydrogen (secondary N) is 2. The van der Waals surface area contributed by atoms with Gasteiger partial charge in [0.2, 0.25) is 4.77 Å². The summed E-state index contributed by atoms with van der Waals surface area (Å²) in [5.74, 6) is 0. The van der Waals surface area contributed by atoms with Gasteiger partial charge in [0.25, 0.3) is 0 Å².